The lowest BCUT2D eigenvalue weighted by Gasteiger charge is -2.36. The molecule has 0 saturated carbocycles. The number of carbonyl (C=O) groups excluding carboxylic acids is 1. The first-order valence-corrected chi connectivity index (χ1v) is 6.74. The summed E-state index contributed by atoms with van der Waals surface area (Å²) in [5.41, 5.74) is 1.19. The predicted molar refractivity (Wildman–Crippen MR) is 76.2 cm³/mol. The minimum atomic E-state index is -0.0685. The SMILES string of the molecule is CC1CN(CC(=O)Nc2cccc(C#N)c2)C(C)CO1. The Bertz CT molecular complexity index is 524. The molecule has 1 fully saturated rings. The van der Waals surface area contributed by atoms with E-state index in [4.69, 9.17) is 10.00 Å². The Morgan fingerprint density at radius 3 is 3.10 bits per heavy atom. The second-order valence-corrected chi connectivity index (χ2v) is 5.16. The van der Waals surface area contributed by atoms with Crippen LogP contribution >= 0.6 is 0 Å². The second kappa shape index (κ2) is 6.51. The quantitative estimate of drug-likeness (QED) is 0.908. The zero-order chi connectivity index (χ0) is 14.5. The maximum atomic E-state index is 12.1. The summed E-state index contributed by atoms with van der Waals surface area (Å²) >= 11 is 0. The van der Waals surface area contributed by atoms with Crippen molar-refractivity contribution in [1.82, 2.24) is 4.90 Å². The van der Waals surface area contributed by atoms with Gasteiger partial charge in [-0.1, -0.05) is 6.07 Å². The molecule has 0 bridgehead atoms. The van der Waals surface area contributed by atoms with Gasteiger partial charge in [-0.2, -0.15) is 5.26 Å². The molecule has 1 aromatic carbocycles. The van der Waals surface area contributed by atoms with Gasteiger partial charge in [-0.3, -0.25) is 9.69 Å². The summed E-state index contributed by atoms with van der Waals surface area (Å²) in [4.78, 5) is 14.2. The minimum absolute atomic E-state index is 0.0685. The minimum Gasteiger partial charge on any atom is -0.376 e. The van der Waals surface area contributed by atoms with Crippen LogP contribution in [0.5, 0.6) is 0 Å². The molecule has 0 aromatic heterocycles. The van der Waals surface area contributed by atoms with Crippen LogP contribution in [0.15, 0.2) is 24.3 Å². The summed E-state index contributed by atoms with van der Waals surface area (Å²) in [6, 6.07) is 9.21. The zero-order valence-electron chi connectivity index (χ0n) is 11.8. The number of nitrogens with zero attached hydrogens (tertiary/aromatic N) is 2. The fourth-order valence-electron chi connectivity index (χ4n) is 2.24. The number of morpholine rings is 1. The molecule has 1 aliphatic rings. The highest BCUT2D eigenvalue weighted by molar-refractivity contribution is 5.92. The first kappa shape index (κ1) is 14.5. The molecule has 1 aromatic rings. The number of nitrogens with one attached hydrogen (secondary N) is 1. The van der Waals surface area contributed by atoms with Crippen molar-refractivity contribution in [2.45, 2.75) is 26.0 Å². The van der Waals surface area contributed by atoms with Crippen LogP contribution in [0.25, 0.3) is 0 Å². The Hall–Kier alpha value is -1.90. The van der Waals surface area contributed by atoms with Crippen LogP contribution in [0.3, 0.4) is 0 Å². The normalized spacial score (nSPS) is 23.1. The number of ether oxygens (including phenoxy) is 1. The van der Waals surface area contributed by atoms with E-state index in [-0.39, 0.29) is 18.1 Å². The van der Waals surface area contributed by atoms with Gasteiger partial charge in [0, 0.05) is 18.3 Å². The van der Waals surface area contributed by atoms with Crippen molar-refractivity contribution in [2.75, 3.05) is 25.0 Å². The summed E-state index contributed by atoms with van der Waals surface area (Å²) in [5, 5.41) is 11.7. The largest absolute Gasteiger partial charge is 0.376 e. The number of hydrogen-bond donors (Lipinski definition) is 1. The molecule has 2 unspecified atom stereocenters. The average Bonchev–Trinajstić information content (AvgIpc) is 2.43. The number of hydrogen-bond acceptors (Lipinski definition) is 4. The third kappa shape index (κ3) is 3.80. The van der Waals surface area contributed by atoms with Gasteiger partial charge in [0.15, 0.2) is 0 Å². The monoisotopic (exact) mass is 273 g/mol. The van der Waals surface area contributed by atoms with Crippen molar-refractivity contribution in [1.29, 1.82) is 5.26 Å². The van der Waals surface area contributed by atoms with Crippen molar-refractivity contribution in [2.24, 2.45) is 0 Å². The Morgan fingerprint density at radius 2 is 2.35 bits per heavy atom. The molecule has 0 aliphatic carbocycles. The first-order chi connectivity index (χ1) is 9.58. The molecule has 1 amide bonds. The van der Waals surface area contributed by atoms with Crippen molar-refractivity contribution >= 4 is 11.6 Å². The maximum Gasteiger partial charge on any atom is 0.238 e. The van der Waals surface area contributed by atoms with Gasteiger partial charge in [-0.05, 0) is 32.0 Å². The fraction of sp³-hybridized carbons (Fsp3) is 0.467. The summed E-state index contributed by atoms with van der Waals surface area (Å²) < 4.78 is 5.54. The van der Waals surface area contributed by atoms with Gasteiger partial charge in [0.2, 0.25) is 5.91 Å². The number of nitriles is 1. The van der Waals surface area contributed by atoms with Gasteiger partial charge in [0.1, 0.15) is 0 Å². The Balaban J connectivity index is 1.93. The van der Waals surface area contributed by atoms with Crippen LogP contribution in [0, 0.1) is 11.3 Å². The highest BCUT2D eigenvalue weighted by atomic mass is 16.5. The summed E-state index contributed by atoms with van der Waals surface area (Å²) in [6.45, 7) is 5.81. The van der Waals surface area contributed by atoms with Crippen LogP contribution in [0.2, 0.25) is 0 Å². The highest BCUT2D eigenvalue weighted by Crippen LogP contribution is 2.13. The number of amides is 1. The average molecular weight is 273 g/mol. The molecule has 20 heavy (non-hydrogen) atoms. The number of anilines is 1. The van der Waals surface area contributed by atoms with E-state index >= 15 is 0 Å². The standard InChI is InChI=1S/C15H19N3O2/c1-11-10-20-12(2)8-18(11)9-15(19)17-14-5-3-4-13(6-14)7-16/h3-6,11-12H,8-10H2,1-2H3,(H,17,19). The van der Waals surface area contributed by atoms with E-state index in [1.165, 1.54) is 0 Å². The van der Waals surface area contributed by atoms with Gasteiger partial charge in [0.25, 0.3) is 0 Å². The Kier molecular flexibility index (Phi) is 4.72. The predicted octanol–water partition coefficient (Wildman–Crippen LogP) is 1.61. The highest BCUT2D eigenvalue weighted by Gasteiger charge is 2.24. The summed E-state index contributed by atoms with van der Waals surface area (Å²) in [5.74, 6) is -0.0685. The lowest BCUT2D eigenvalue weighted by Crippen LogP contribution is -2.50. The molecule has 0 spiro atoms. The second-order valence-electron chi connectivity index (χ2n) is 5.16. The van der Waals surface area contributed by atoms with Gasteiger partial charge < -0.3 is 10.1 Å². The van der Waals surface area contributed by atoms with E-state index in [0.717, 1.165) is 6.54 Å². The van der Waals surface area contributed by atoms with Crippen LogP contribution in [0.4, 0.5) is 5.69 Å². The van der Waals surface area contributed by atoms with Crippen LogP contribution < -0.4 is 5.32 Å². The van der Waals surface area contributed by atoms with E-state index < -0.39 is 0 Å². The number of rotatable bonds is 3. The van der Waals surface area contributed by atoms with E-state index in [2.05, 4.69) is 23.2 Å². The van der Waals surface area contributed by atoms with Crippen LogP contribution in [-0.4, -0.2) is 42.6 Å². The molecule has 2 rings (SSSR count). The molecule has 0 radical (unpaired) electrons. The van der Waals surface area contributed by atoms with E-state index in [1.807, 2.05) is 6.92 Å². The van der Waals surface area contributed by atoms with Crippen molar-refractivity contribution in [3.63, 3.8) is 0 Å². The Morgan fingerprint density at radius 1 is 1.55 bits per heavy atom. The van der Waals surface area contributed by atoms with Gasteiger partial charge in [0.05, 0.1) is 30.9 Å². The van der Waals surface area contributed by atoms with E-state index in [9.17, 15) is 4.79 Å². The van der Waals surface area contributed by atoms with Gasteiger partial charge in [-0.25, -0.2) is 0 Å². The number of benzene rings is 1. The van der Waals surface area contributed by atoms with Crippen molar-refractivity contribution < 1.29 is 9.53 Å². The topological polar surface area (TPSA) is 65.4 Å². The maximum absolute atomic E-state index is 12.1. The van der Waals surface area contributed by atoms with Crippen molar-refractivity contribution in [3.8, 4) is 6.07 Å². The third-order valence-corrected chi connectivity index (χ3v) is 3.36. The molecule has 2 atom stereocenters. The van der Waals surface area contributed by atoms with E-state index in [1.54, 1.807) is 24.3 Å². The molecule has 1 N–H and O–H groups in total. The van der Waals surface area contributed by atoms with Crippen LogP contribution in [-0.2, 0) is 9.53 Å². The van der Waals surface area contributed by atoms with Crippen molar-refractivity contribution in [3.05, 3.63) is 29.8 Å². The van der Waals surface area contributed by atoms with Gasteiger partial charge >= 0.3 is 0 Å². The first-order valence-electron chi connectivity index (χ1n) is 6.74. The van der Waals surface area contributed by atoms with Gasteiger partial charge in [-0.15, -0.1) is 0 Å². The summed E-state index contributed by atoms with van der Waals surface area (Å²) in [6.07, 6.45) is 0.154. The lowest BCUT2D eigenvalue weighted by molar-refractivity contribution is -0.121. The third-order valence-electron chi connectivity index (χ3n) is 3.36. The fourth-order valence-corrected chi connectivity index (χ4v) is 2.24. The molecule has 5 heteroatoms. The zero-order valence-corrected chi connectivity index (χ0v) is 11.8. The smallest absolute Gasteiger partial charge is 0.238 e. The summed E-state index contributed by atoms with van der Waals surface area (Å²) in [7, 11) is 0. The van der Waals surface area contributed by atoms with E-state index in [0.29, 0.717) is 24.4 Å². The van der Waals surface area contributed by atoms with Crippen LogP contribution in [0.1, 0.15) is 19.4 Å². The molecule has 106 valence electrons. The Labute approximate surface area is 119 Å². The lowest BCUT2D eigenvalue weighted by atomic mass is 10.2. The number of carbonyl (C=O) groups is 1. The molecule has 1 heterocycles. The molecule has 5 nitrogen and oxygen atoms in total. The molecular formula is C15H19N3O2. The molecule has 1 saturated heterocycles. The molecular weight excluding hydrogens is 254 g/mol. The molecule has 1 aliphatic heterocycles.